The maximum absolute atomic E-state index is 15.2. The Labute approximate surface area is 566 Å². The van der Waals surface area contributed by atoms with Crippen molar-refractivity contribution in [2.45, 2.75) is 153 Å². The summed E-state index contributed by atoms with van der Waals surface area (Å²) in [5.74, 6) is -4.24. The van der Waals surface area contributed by atoms with Crippen LogP contribution in [0.5, 0.6) is 11.5 Å². The van der Waals surface area contributed by atoms with Gasteiger partial charge in [-0.15, -0.1) is 0 Å². The molecule has 4 fully saturated rings. The third-order valence-corrected chi connectivity index (χ3v) is 19.5. The molecule has 506 valence electrons. The SMILES string of the molecule is COc1cn(C(CC2CCC2)C(=O)Cc2ccc(C(=O)O)cc2)c(=O)cc1-c1c(C(C)=O)ccc(Cl)c1F.COc1cn(C(CC2CCC2)C(=O)Cc2ccc(C(=O)O)cc2)c(=O)cc1-c1c(C(C)=O)ccc(Cl)c1F.O=C(O)C(Br)CC1CCC1.O=C(O)CCC1CCC1. The van der Waals surface area contributed by atoms with Crippen LogP contribution in [0.15, 0.2) is 107 Å². The van der Waals surface area contributed by atoms with Crippen LogP contribution in [0.25, 0.3) is 22.3 Å². The molecular formula is C72H77BrCl2F2N2O16. The number of carboxylic acid groups (broad SMARTS) is 4. The largest absolute Gasteiger partial charge is 0.495 e. The van der Waals surface area contributed by atoms with Crippen LogP contribution in [0.4, 0.5) is 8.78 Å². The average molecular weight is 1420 g/mol. The first kappa shape index (κ1) is 74.3. The van der Waals surface area contributed by atoms with E-state index >= 15 is 8.78 Å². The molecule has 4 N–H and O–H groups in total. The van der Waals surface area contributed by atoms with Crippen molar-refractivity contribution >= 4 is 86.1 Å². The zero-order valence-corrected chi connectivity index (χ0v) is 56.3. The minimum absolute atomic E-state index is 0.00516. The van der Waals surface area contributed by atoms with Gasteiger partial charge in [-0.1, -0.05) is 140 Å². The number of methoxy groups -OCH3 is 2. The molecule has 95 heavy (non-hydrogen) atoms. The molecule has 2 heterocycles. The van der Waals surface area contributed by atoms with Gasteiger partial charge < -0.3 is 39.0 Å². The molecular weight excluding hydrogens is 1340 g/mol. The highest BCUT2D eigenvalue weighted by molar-refractivity contribution is 9.10. The van der Waals surface area contributed by atoms with Crippen LogP contribution < -0.4 is 20.6 Å². The predicted molar refractivity (Wildman–Crippen MR) is 358 cm³/mol. The number of Topliss-reactive ketones (excluding diaryl/α,β-unsaturated/α-hetero) is 4. The molecule has 4 saturated carbocycles. The van der Waals surface area contributed by atoms with Crippen LogP contribution in [-0.2, 0) is 32.0 Å². The molecule has 0 amide bonds. The number of rotatable bonds is 26. The Bertz CT molecular complexity index is 3710. The van der Waals surface area contributed by atoms with Crippen molar-refractivity contribution in [3.63, 3.8) is 0 Å². The maximum atomic E-state index is 15.2. The quantitative estimate of drug-likeness (QED) is 0.0290. The molecule has 18 nitrogen and oxygen atoms in total. The third kappa shape index (κ3) is 19.7. The van der Waals surface area contributed by atoms with Crippen molar-refractivity contribution in [3.05, 3.63) is 173 Å². The van der Waals surface area contributed by atoms with Gasteiger partial charge in [-0.25, -0.2) is 18.4 Å². The number of ether oxygens (including phenoxy) is 2. The van der Waals surface area contributed by atoms with Crippen LogP contribution in [0.1, 0.15) is 188 Å². The van der Waals surface area contributed by atoms with Gasteiger partial charge in [-0.3, -0.25) is 38.4 Å². The zero-order valence-electron chi connectivity index (χ0n) is 53.2. The summed E-state index contributed by atoms with van der Waals surface area (Å²) in [5.41, 5.74) is 0.355. The predicted octanol–water partition coefficient (Wildman–Crippen LogP) is 15.2. The molecule has 2 aromatic heterocycles. The van der Waals surface area contributed by atoms with E-state index in [0.29, 0.717) is 36.3 Å². The van der Waals surface area contributed by atoms with Gasteiger partial charge in [-0.05, 0) is 123 Å². The number of nitrogens with zero attached hydrogens (tertiary/aromatic N) is 2. The van der Waals surface area contributed by atoms with Crippen molar-refractivity contribution in [3.8, 4) is 33.8 Å². The molecule has 0 radical (unpaired) electrons. The highest BCUT2D eigenvalue weighted by atomic mass is 79.9. The summed E-state index contributed by atoms with van der Waals surface area (Å²) in [7, 11) is 2.71. The van der Waals surface area contributed by atoms with Gasteiger partial charge in [0.05, 0.1) is 59.9 Å². The fourth-order valence-electron chi connectivity index (χ4n) is 11.8. The van der Waals surface area contributed by atoms with E-state index in [0.717, 1.165) is 57.3 Å². The fourth-order valence-corrected chi connectivity index (χ4v) is 12.6. The van der Waals surface area contributed by atoms with Crippen molar-refractivity contribution in [2.75, 3.05) is 14.2 Å². The van der Waals surface area contributed by atoms with E-state index in [4.69, 9.17) is 53.1 Å². The van der Waals surface area contributed by atoms with Crippen LogP contribution in [0.3, 0.4) is 0 Å². The van der Waals surface area contributed by atoms with Crippen molar-refractivity contribution < 1.29 is 77.0 Å². The lowest BCUT2D eigenvalue weighted by Crippen LogP contribution is -2.33. The number of aromatic carboxylic acids is 2. The molecule has 4 aliphatic rings. The summed E-state index contributed by atoms with van der Waals surface area (Å²) in [6, 6.07) is 18.1. The van der Waals surface area contributed by atoms with Gasteiger partial charge in [0, 0.05) is 64.8 Å². The first-order valence-corrected chi connectivity index (χ1v) is 33.2. The van der Waals surface area contributed by atoms with Gasteiger partial charge in [0.1, 0.15) is 28.0 Å². The Balaban J connectivity index is 0.000000210. The standard InChI is InChI=1S/2C29H27ClFNO6.C7H11BrO2.C7H12O2/c2*1-16(33)20-10-11-22(30)28(31)27(20)21-14-26(35)32(15-25(21)38-2)23(12-17-4-3-5-17)24(34)13-18-6-8-19(9-7-18)29(36)37;8-6(7(9)10)4-5-2-1-3-5;8-7(9)5-4-6-2-1-3-6/h2*6-11,14-15,17,23H,3-5,12-13H2,1-2H3,(H,36,37);5-6H,1-4H2,(H,9,10);6H,1-5H2,(H,8,9). The number of alkyl halides is 1. The second-order valence-corrected chi connectivity index (χ2v) is 26.6. The molecule has 0 aliphatic heterocycles. The smallest absolute Gasteiger partial charge is 0.335 e. The van der Waals surface area contributed by atoms with Crippen LogP contribution in [0.2, 0.25) is 10.0 Å². The van der Waals surface area contributed by atoms with Gasteiger partial charge in [0.15, 0.2) is 23.1 Å². The van der Waals surface area contributed by atoms with Gasteiger partial charge in [0.2, 0.25) is 0 Å². The van der Waals surface area contributed by atoms with Gasteiger partial charge >= 0.3 is 23.9 Å². The summed E-state index contributed by atoms with van der Waals surface area (Å²) in [6.07, 6.45) is 19.2. The minimum Gasteiger partial charge on any atom is -0.495 e. The first-order chi connectivity index (χ1) is 45.2. The van der Waals surface area contributed by atoms with Gasteiger partial charge in [-0.2, -0.15) is 0 Å². The maximum Gasteiger partial charge on any atom is 0.335 e. The molecule has 3 atom stereocenters. The topological polar surface area (TPSA) is 280 Å². The second-order valence-electron chi connectivity index (χ2n) is 24.6. The number of carbonyl (C=O) groups is 8. The monoisotopic (exact) mass is 1410 g/mol. The molecule has 0 saturated heterocycles. The second kappa shape index (κ2) is 34.5. The zero-order chi connectivity index (χ0) is 69.4. The van der Waals surface area contributed by atoms with E-state index < -0.39 is 70.3 Å². The molecule has 4 aliphatic carbocycles. The lowest BCUT2D eigenvalue weighted by Gasteiger charge is -2.30. The summed E-state index contributed by atoms with van der Waals surface area (Å²) >= 11 is 15.1. The highest BCUT2D eigenvalue weighted by Gasteiger charge is 2.33. The van der Waals surface area contributed by atoms with Gasteiger partial charge in [0.25, 0.3) is 11.1 Å². The normalized spacial score (nSPS) is 15.3. The van der Waals surface area contributed by atoms with E-state index in [2.05, 4.69) is 15.9 Å². The number of hydrogen-bond acceptors (Lipinski definition) is 12. The number of aromatic nitrogens is 2. The van der Waals surface area contributed by atoms with Crippen molar-refractivity contribution in [1.29, 1.82) is 0 Å². The van der Waals surface area contributed by atoms with Crippen LogP contribution in [0, 0.1) is 35.3 Å². The number of aliphatic carboxylic acids is 2. The lowest BCUT2D eigenvalue weighted by atomic mass is 9.79. The van der Waals surface area contributed by atoms with E-state index in [1.165, 1.54) is 149 Å². The Kier molecular flexibility index (Phi) is 27.0. The number of ketones is 4. The molecule has 3 unspecified atom stereocenters. The average Bonchev–Trinajstić information content (AvgIpc) is 0.776. The first-order valence-electron chi connectivity index (χ1n) is 31.6. The Morgan fingerprint density at radius 2 is 0.884 bits per heavy atom. The number of pyridine rings is 2. The molecule has 23 heteroatoms. The van der Waals surface area contributed by atoms with Crippen molar-refractivity contribution in [2.24, 2.45) is 23.7 Å². The lowest BCUT2D eigenvalue weighted by molar-refractivity contribution is -0.138. The number of halogens is 5. The van der Waals surface area contributed by atoms with E-state index in [1.807, 2.05) is 0 Å². The van der Waals surface area contributed by atoms with E-state index in [1.54, 1.807) is 24.3 Å². The van der Waals surface area contributed by atoms with E-state index in [-0.39, 0.29) is 107 Å². The van der Waals surface area contributed by atoms with Crippen LogP contribution >= 0.6 is 39.1 Å². The third-order valence-electron chi connectivity index (χ3n) is 18.2. The number of hydrogen-bond donors (Lipinski definition) is 4. The molecule has 6 aromatic rings. The summed E-state index contributed by atoms with van der Waals surface area (Å²) < 4.78 is 43.9. The number of carbonyl (C=O) groups excluding carboxylic acids is 4. The van der Waals surface area contributed by atoms with Crippen molar-refractivity contribution in [1.82, 2.24) is 9.13 Å². The van der Waals surface area contributed by atoms with E-state index in [9.17, 15) is 47.9 Å². The number of carboxylic acids is 4. The minimum atomic E-state index is -1.06. The number of benzene rings is 4. The highest BCUT2D eigenvalue weighted by Crippen LogP contribution is 2.42. The fraction of sp³-hybridized carbons (Fsp3) is 0.417. The Morgan fingerprint density at radius 1 is 0.537 bits per heavy atom. The summed E-state index contributed by atoms with van der Waals surface area (Å²) in [4.78, 5) is 121. The molecule has 0 spiro atoms. The Hall–Kier alpha value is -8.14. The molecule has 10 rings (SSSR count). The summed E-state index contributed by atoms with van der Waals surface area (Å²) in [5, 5.41) is 34.6. The van der Waals surface area contributed by atoms with Crippen LogP contribution in [-0.4, -0.2) is 95.6 Å². The molecule has 4 aromatic carbocycles. The summed E-state index contributed by atoms with van der Waals surface area (Å²) in [6.45, 7) is 2.58. The Morgan fingerprint density at radius 3 is 1.17 bits per heavy atom. The molecule has 0 bridgehead atoms.